The zero-order chi connectivity index (χ0) is 22.9. The number of carbonyl (C=O) groups is 3. The lowest BCUT2D eigenvalue weighted by atomic mass is 10.2. The van der Waals surface area contributed by atoms with Crippen LogP contribution >= 0.6 is 0 Å². The number of carboxylic acids is 1. The van der Waals surface area contributed by atoms with Crippen LogP contribution in [-0.4, -0.2) is 23.0 Å². The molecular formula is C25H24O6. The third-order valence-corrected chi connectivity index (χ3v) is 3.32. The Bertz CT molecular complexity index is 972. The molecule has 0 fully saturated rings. The monoisotopic (exact) mass is 420 g/mol. The maximum atomic E-state index is 12.1. The molecule has 31 heavy (non-hydrogen) atoms. The van der Waals surface area contributed by atoms with Gasteiger partial charge in [-0.15, -0.1) is 0 Å². The van der Waals surface area contributed by atoms with Gasteiger partial charge >= 0.3 is 17.9 Å². The van der Waals surface area contributed by atoms with E-state index in [4.69, 9.17) is 14.6 Å². The van der Waals surface area contributed by atoms with Gasteiger partial charge in [-0.2, -0.15) is 0 Å². The van der Waals surface area contributed by atoms with Crippen molar-refractivity contribution in [1.29, 1.82) is 0 Å². The van der Waals surface area contributed by atoms with E-state index in [9.17, 15) is 14.4 Å². The highest BCUT2D eigenvalue weighted by molar-refractivity contribution is 5.88. The van der Waals surface area contributed by atoms with E-state index < -0.39 is 17.9 Å². The minimum Gasteiger partial charge on any atom is -0.478 e. The van der Waals surface area contributed by atoms with Gasteiger partial charge in [-0.3, -0.25) is 0 Å². The molecule has 0 aliphatic rings. The van der Waals surface area contributed by atoms with Crippen molar-refractivity contribution in [2.24, 2.45) is 0 Å². The summed E-state index contributed by atoms with van der Waals surface area (Å²) in [6.45, 7) is 3.73. The maximum Gasteiger partial charge on any atom is 0.336 e. The summed E-state index contributed by atoms with van der Waals surface area (Å²) in [4.78, 5) is 34.9. The average molecular weight is 420 g/mol. The van der Waals surface area contributed by atoms with Crippen LogP contribution in [0.2, 0.25) is 0 Å². The summed E-state index contributed by atoms with van der Waals surface area (Å²) in [5.74, 6) is -2.48. The molecule has 1 N–H and O–H groups in total. The average Bonchev–Trinajstić information content (AvgIpc) is 2.73. The number of carbonyl (C=O) groups excluding carboxylic acids is 2. The molecule has 0 bridgehead atoms. The van der Waals surface area contributed by atoms with Crippen molar-refractivity contribution in [3.05, 3.63) is 103 Å². The Kier molecular flexibility index (Phi) is 11.8. The molecule has 1 aromatic rings. The van der Waals surface area contributed by atoms with E-state index in [1.807, 2.05) is 26.0 Å². The van der Waals surface area contributed by atoms with Gasteiger partial charge < -0.3 is 14.6 Å². The molecule has 0 saturated heterocycles. The van der Waals surface area contributed by atoms with Gasteiger partial charge in [0.15, 0.2) is 11.5 Å². The van der Waals surface area contributed by atoms with Crippen LogP contribution in [0, 0.1) is 0 Å². The predicted molar refractivity (Wildman–Crippen MR) is 121 cm³/mol. The summed E-state index contributed by atoms with van der Waals surface area (Å²) in [5.41, 5.74) is 0.451. The van der Waals surface area contributed by atoms with Crippen molar-refractivity contribution < 1.29 is 29.0 Å². The highest BCUT2D eigenvalue weighted by Crippen LogP contribution is 2.29. The van der Waals surface area contributed by atoms with Crippen LogP contribution in [0.4, 0.5) is 0 Å². The van der Waals surface area contributed by atoms with Gasteiger partial charge in [0, 0.05) is 18.2 Å². The molecule has 0 radical (unpaired) electrons. The quantitative estimate of drug-likeness (QED) is 0.249. The molecule has 0 amide bonds. The number of aliphatic carboxylic acids is 1. The number of esters is 2. The van der Waals surface area contributed by atoms with Crippen molar-refractivity contribution in [1.82, 2.24) is 0 Å². The van der Waals surface area contributed by atoms with Crippen LogP contribution in [0.15, 0.2) is 97.2 Å². The maximum absolute atomic E-state index is 12.1. The predicted octanol–water partition coefficient (Wildman–Crippen LogP) is 4.97. The second-order valence-electron chi connectivity index (χ2n) is 5.76. The van der Waals surface area contributed by atoms with Gasteiger partial charge in [0.2, 0.25) is 0 Å². The second kappa shape index (κ2) is 14.8. The highest BCUT2D eigenvalue weighted by atomic mass is 16.6. The lowest BCUT2D eigenvalue weighted by Gasteiger charge is -2.09. The van der Waals surface area contributed by atoms with Crippen LogP contribution in [0.25, 0.3) is 6.08 Å². The largest absolute Gasteiger partial charge is 0.478 e. The fourth-order valence-electron chi connectivity index (χ4n) is 1.99. The molecule has 1 aromatic carbocycles. The Morgan fingerprint density at radius 2 is 1.23 bits per heavy atom. The van der Waals surface area contributed by atoms with Crippen molar-refractivity contribution in [3.63, 3.8) is 0 Å². The standard InChI is InChI=1S/C25H24O6/c1-3-5-7-9-11-13-24(28)30-21-17-15-20(16-18-23(26)27)19-22(21)31-25(29)14-12-10-8-6-4-2/h3-19H,1-2H3,(H,26,27). The minimum atomic E-state index is -1.12. The lowest BCUT2D eigenvalue weighted by Crippen LogP contribution is -2.09. The van der Waals surface area contributed by atoms with E-state index >= 15 is 0 Å². The summed E-state index contributed by atoms with van der Waals surface area (Å²) in [6, 6.07) is 4.35. The second-order valence-corrected chi connectivity index (χ2v) is 5.76. The van der Waals surface area contributed by atoms with E-state index in [1.165, 1.54) is 48.6 Å². The molecule has 0 atom stereocenters. The molecule has 6 nitrogen and oxygen atoms in total. The van der Waals surface area contributed by atoms with Gasteiger partial charge in [-0.25, -0.2) is 14.4 Å². The molecule has 1 rings (SSSR count). The number of hydrogen-bond acceptors (Lipinski definition) is 5. The van der Waals surface area contributed by atoms with Gasteiger partial charge in [-0.05, 0) is 37.6 Å². The fourth-order valence-corrected chi connectivity index (χ4v) is 1.99. The minimum absolute atomic E-state index is 0.0192. The van der Waals surface area contributed by atoms with Gasteiger partial charge in [0.05, 0.1) is 0 Å². The number of benzene rings is 1. The summed E-state index contributed by atoms with van der Waals surface area (Å²) in [6.07, 6.45) is 21.8. The highest BCUT2D eigenvalue weighted by Gasteiger charge is 2.12. The van der Waals surface area contributed by atoms with Crippen molar-refractivity contribution >= 4 is 24.0 Å². The molecule has 0 unspecified atom stereocenters. The summed E-state index contributed by atoms with van der Waals surface area (Å²) >= 11 is 0. The lowest BCUT2D eigenvalue weighted by molar-refractivity contribution is -0.131. The number of allylic oxidation sites excluding steroid dienone is 10. The SMILES string of the molecule is CC=CC=CC=CC(=O)Oc1ccc(C=CC(=O)O)cc1OC(=O)C=CC=CC=CC. The van der Waals surface area contributed by atoms with E-state index in [-0.39, 0.29) is 11.5 Å². The molecule has 0 aliphatic carbocycles. The number of hydrogen-bond donors (Lipinski definition) is 1. The Morgan fingerprint density at radius 3 is 1.74 bits per heavy atom. The summed E-state index contributed by atoms with van der Waals surface area (Å²) in [5, 5.41) is 8.78. The van der Waals surface area contributed by atoms with Crippen LogP contribution < -0.4 is 9.47 Å². The van der Waals surface area contributed by atoms with Crippen molar-refractivity contribution in [2.75, 3.05) is 0 Å². The summed E-state index contributed by atoms with van der Waals surface area (Å²) in [7, 11) is 0. The first-order chi connectivity index (χ1) is 15.0. The molecule has 0 heterocycles. The van der Waals surface area contributed by atoms with Gasteiger partial charge in [0.25, 0.3) is 0 Å². The van der Waals surface area contributed by atoms with E-state index in [0.717, 1.165) is 6.08 Å². The molecular weight excluding hydrogens is 396 g/mol. The van der Waals surface area contributed by atoms with Gasteiger partial charge in [-0.1, -0.05) is 66.8 Å². The fraction of sp³-hybridized carbons (Fsp3) is 0.0800. The molecule has 0 aromatic heterocycles. The molecule has 6 heteroatoms. The first-order valence-electron chi connectivity index (χ1n) is 9.37. The third-order valence-electron chi connectivity index (χ3n) is 3.32. The molecule has 0 aliphatic heterocycles. The van der Waals surface area contributed by atoms with Crippen LogP contribution in [0.3, 0.4) is 0 Å². The zero-order valence-corrected chi connectivity index (χ0v) is 17.3. The van der Waals surface area contributed by atoms with Crippen LogP contribution in [0.5, 0.6) is 11.5 Å². The molecule has 0 spiro atoms. The normalized spacial score (nSPS) is 12.5. The van der Waals surface area contributed by atoms with Crippen LogP contribution in [-0.2, 0) is 14.4 Å². The van der Waals surface area contributed by atoms with Crippen molar-refractivity contribution in [3.8, 4) is 11.5 Å². The number of rotatable bonds is 10. The first-order valence-corrected chi connectivity index (χ1v) is 9.37. The number of ether oxygens (including phenoxy) is 2. The molecule has 0 saturated carbocycles. The van der Waals surface area contributed by atoms with E-state index in [1.54, 1.807) is 36.5 Å². The third kappa shape index (κ3) is 11.4. The molecule has 160 valence electrons. The Hall–Kier alpha value is -4.19. The Labute approximate surface area is 181 Å². The zero-order valence-electron chi connectivity index (χ0n) is 17.3. The number of carboxylic acid groups (broad SMARTS) is 1. The summed E-state index contributed by atoms with van der Waals surface area (Å²) < 4.78 is 10.5. The Morgan fingerprint density at radius 1 is 0.710 bits per heavy atom. The topological polar surface area (TPSA) is 89.9 Å². The Balaban J connectivity index is 3.03. The van der Waals surface area contributed by atoms with Gasteiger partial charge in [0.1, 0.15) is 0 Å². The smallest absolute Gasteiger partial charge is 0.336 e. The van der Waals surface area contributed by atoms with Crippen LogP contribution in [0.1, 0.15) is 19.4 Å². The van der Waals surface area contributed by atoms with E-state index in [0.29, 0.717) is 5.56 Å². The first kappa shape index (κ1) is 24.8. The van der Waals surface area contributed by atoms with Crippen molar-refractivity contribution in [2.45, 2.75) is 13.8 Å². The van der Waals surface area contributed by atoms with E-state index in [2.05, 4.69) is 0 Å².